The van der Waals surface area contributed by atoms with Crippen molar-refractivity contribution in [2.24, 2.45) is 0 Å². The SMILES string of the molecule is COC[C@@H]1C[C@@H](OP(=O)(O)OC[C@@H]2C[C@@H](OP(=O)(O)OC[C@@H]3C[C@@H](O)CN3C(=O)CCCO[C@@H]3OC(CO)[C@H](O)[C@H](O)C3NC(C)=O)CN2C(=O)CCCO[C@@H]2OC(CO)[C@H](O)[C@H](O)C2NC(C)=O)CN1C(=O)CCCO[C@@H]1OC(CO)[C@H](O)[C@H](O)C1NC(C)=O. The van der Waals surface area contributed by atoms with E-state index in [9.17, 15) is 98.7 Å². The summed E-state index contributed by atoms with van der Waals surface area (Å²) < 4.78 is 88.5. The lowest BCUT2D eigenvalue weighted by Crippen LogP contribution is -2.64. The van der Waals surface area contributed by atoms with Crippen molar-refractivity contribution in [2.45, 2.75) is 207 Å². The number of ether oxygens (including phenoxy) is 7. The number of hydrogen-bond donors (Lipinski definition) is 15. The van der Waals surface area contributed by atoms with Gasteiger partial charge in [-0.1, -0.05) is 0 Å². The molecule has 0 saturated carbocycles. The molecular formula is C52H90N6O31P2. The van der Waals surface area contributed by atoms with Crippen LogP contribution < -0.4 is 16.0 Å². The molecule has 6 heterocycles. The first kappa shape index (κ1) is 76.4. The summed E-state index contributed by atoms with van der Waals surface area (Å²) >= 11 is 0. The lowest BCUT2D eigenvalue weighted by molar-refractivity contribution is -0.270. The average molecular weight is 1360 g/mol. The number of phosphoric acid groups is 2. The summed E-state index contributed by atoms with van der Waals surface area (Å²) in [5, 5.41) is 110. The van der Waals surface area contributed by atoms with Crippen molar-refractivity contribution in [2.75, 3.05) is 86.2 Å². The van der Waals surface area contributed by atoms with Crippen LogP contribution in [0.3, 0.4) is 0 Å². The van der Waals surface area contributed by atoms with Crippen molar-refractivity contribution >= 4 is 51.1 Å². The number of likely N-dealkylation sites (tertiary alicyclic amines) is 3. The minimum Gasteiger partial charge on any atom is -0.394 e. The summed E-state index contributed by atoms with van der Waals surface area (Å²) in [6.45, 7) is -1.32. The van der Waals surface area contributed by atoms with Crippen LogP contribution in [0.2, 0.25) is 0 Å². The molecular weight excluding hydrogens is 1270 g/mol. The van der Waals surface area contributed by atoms with E-state index in [0.717, 1.165) is 11.8 Å². The Morgan fingerprint density at radius 1 is 0.473 bits per heavy atom. The zero-order valence-electron chi connectivity index (χ0n) is 50.8. The predicted octanol–water partition coefficient (Wildman–Crippen LogP) is -6.98. The first-order chi connectivity index (χ1) is 43.0. The summed E-state index contributed by atoms with van der Waals surface area (Å²) in [4.78, 5) is 103. The molecule has 39 heteroatoms. The van der Waals surface area contributed by atoms with E-state index in [-0.39, 0.29) is 97.3 Å². The second kappa shape index (κ2) is 35.4. The summed E-state index contributed by atoms with van der Waals surface area (Å²) in [5.41, 5.74) is 0. The van der Waals surface area contributed by atoms with Crippen LogP contribution in [0.5, 0.6) is 0 Å². The lowest BCUT2D eigenvalue weighted by Gasteiger charge is -2.42. The van der Waals surface area contributed by atoms with E-state index < -0.39 is 219 Å². The van der Waals surface area contributed by atoms with Gasteiger partial charge in [0, 0.05) is 66.8 Å². The number of nitrogens with zero attached hydrogens (tertiary/aromatic N) is 3. The van der Waals surface area contributed by atoms with E-state index in [1.54, 1.807) is 0 Å². The fourth-order valence-corrected chi connectivity index (χ4v) is 13.6. The first-order valence-corrected chi connectivity index (χ1v) is 32.9. The number of phosphoric ester groups is 2. The van der Waals surface area contributed by atoms with Gasteiger partial charge < -0.3 is 125 Å². The van der Waals surface area contributed by atoms with Gasteiger partial charge in [0.15, 0.2) is 18.9 Å². The number of rotatable bonds is 33. The minimum absolute atomic E-state index is 0.00243. The number of amides is 6. The Balaban J connectivity index is 1.05. The maximum Gasteiger partial charge on any atom is 0.472 e. The Morgan fingerprint density at radius 2 is 0.780 bits per heavy atom. The van der Waals surface area contributed by atoms with E-state index in [4.69, 9.17) is 51.3 Å². The highest BCUT2D eigenvalue weighted by atomic mass is 31.2. The summed E-state index contributed by atoms with van der Waals surface area (Å²) in [7, 11) is -8.78. The van der Waals surface area contributed by atoms with Gasteiger partial charge in [-0.3, -0.25) is 46.9 Å². The second-order valence-corrected chi connectivity index (χ2v) is 25.9. The molecule has 37 nitrogen and oxygen atoms in total. The molecule has 0 bridgehead atoms. The minimum atomic E-state index is -5.10. The maximum atomic E-state index is 14.0. The lowest BCUT2D eigenvalue weighted by atomic mass is 9.97. The number of β-amino-alcohol motifs (C(OH)–C–C–N with tert-alkyl or cyclic N) is 1. The van der Waals surface area contributed by atoms with Crippen molar-refractivity contribution in [3.63, 3.8) is 0 Å². The molecule has 0 aromatic heterocycles. The zero-order chi connectivity index (χ0) is 67.1. The number of nitrogens with one attached hydrogen (secondary N) is 3. The summed E-state index contributed by atoms with van der Waals surface area (Å²) in [6, 6.07) is -6.46. The van der Waals surface area contributed by atoms with Crippen LogP contribution >= 0.6 is 15.6 Å². The highest BCUT2D eigenvalue weighted by Crippen LogP contribution is 2.50. The fraction of sp³-hybridized carbons (Fsp3) is 0.885. The first-order valence-electron chi connectivity index (χ1n) is 29.9. The van der Waals surface area contributed by atoms with Gasteiger partial charge in [0.2, 0.25) is 35.4 Å². The van der Waals surface area contributed by atoms with Crippen molar-refractivity contribution in [3.8, 4) is 0 Å². The highest BCUT2D eigenvalue weighted by molar-refractivity contribution is 7.47. The summed E-state index contributed by atoms with van der Waals surface area (Å²) in [5.74, 6) is -3.36. The largest absolute Gasteiger partial charge is 0.472 e. The van der Waals surface area contributed by atoms with Crippen LogP contribution in [0.15, 0.2) is 0 Å². The molecule has 91 heavy (non-hydrogen) atoms. The van der Waals surface area contributed by atoms with E-state index in [1.165, 1.54) is 30.8 Å². The van der Waals surface area contributed by atoms with Gasteiger partial charge in [-0.15, -0.1) is 0 Å². The van der Waals surface area contributed by atoms with Gasteiger partial charge in [-0.25, -0.2) is 9.13 Å². The Morgan fingerprint density at radius 3 is 1.09 bits per heavy atom. The predicted molar refractivity (Wildman–Crippen MR) is 301 cm³/mol. The molecule has 23 atom stereocenters. The number of hydrogen-bond acceptors (Lipinski definition) is 29. The number of aliphatic hydroxyl groups excluding tert-OH is 10. The van der Waals surface area contributed by atoms with E-state index in [0.29, 0.717) is 0 Å². The Hall–Kier alpha value is -3.64. The molecule has 15 N–H and O–H groups in total. The normalized spacial score (nSPS) is 35.8. The molecule has 0 aliphatic carbocycles. The van der Waals surface area contributed by atoms with Crippen molar-refractivity contribution < 1.29 is 150 Å². The molecule has 8 unspecified atom stereocenters. The summed E-state index contributed by atoms with van der Waals surface area (Å²) in [6.07, 6.45) is -21.7. The third kappa shape index (κ3) is 21.7. The maximum absolute atomic E-state index is 14.0. The van der Waals surface area contributed by atoms with Gasteiger partial charge in [-0.05, 0) is 38.5 Å². The van der Waals surface area contributed by atoms with Crippen molar-refractivity contribution in [1.82, 2.24) is 30.7 Å². The van der Waals surface area contributed by atoms with Crippen molar-refractivity contribution in [3.05, 3.63) is 0 Å². The number of methoxy groups -OCH3 is 1. The molecule has 6 fully saturated rings. The smallest absolute Gasteiger partial charge is 0.394 e. The fourth-order valence-electron chi connectivity index (χ4n) is 11.7. The third-order valence-electron chi connectivity index (χ3n) is 16.1. The monoisotopic (exact) mass is 1360 g/mol. The molecule has 6 aliphatic heterocycles. The van der Waals surface area contributed by atoms with Crippen LogP contribution in [0.1, 0.15) is 78.6 Å². The zero-order valence-corrected chi connectivity index (χ0v) is 52.6. The molecule has 0 aromatic carbocycles. The molecule has 0 radical (unpaired) electrons. The van der Waals surface area contributed by atoms with Crippen molar-refractivity contribution in [1.29, 1.82) is 0 Å². The van der Waals surface area contributed by atoms with E-state index >= 15 is 0 Å². The van der Waals surface area contributed by atoms with E-state index in [2.05, 4.69) is 16.0 Å². The van der Waals surface area contributed by atoms with Gasteiger partial charge >= 0.3 is 15.6 Å². The van der Waals surface area contributed by atoms with Crippen LogP contribution in [0.4, 0.5) is 0 Å². The molecule has 0 spiro atoms. The van der Waals surface area contributed by atoms with Gasteiger partial charge in [-0.2, -0.15) is 0 Å². The van der Waals surface area contributed by atoms with Gasteiger partial charge in [0.25, 0.3) is 0 Å². The average Bonchev–Trinajstić information content (AvgIpc) is 2.37. The molecule has 6 rings (SSSR count). The molecule has 6 amide bonds. The quantitative estimate of drug-likeness (QED) is 0.0214. The Bertz CT molecular complexity index is 2480. The van der Waals surface area contributed by atoms with Crippen LogP contribution in [-0.4, -0.2) is 326 Å². The van der Waals surface area contributed by atoms with Gasteiger partial charge in [0.1, 0.15) is 73.1 Å². The third-order valence-corrected chi connectivity index (χ3v) is 18.2. The number of carbonyl (C=O) groups excluding carboxylic acids is 6. The molecule has 524 valence electrons. The highest BCUT2D eigenvalue weighted by Gasteiger charge is 2.50. The molecule has 6 aliphatic rings. The number of aliphatic hydroxyl groups is 10. The standard InChI is InChI=1S/C52H90N6O31P2/c1-26(62)53-41-47(72)44(69)35(20-59)85-50(41)80-11-5-8-38(66)56-17-32(65)14-29(56)24-83-90(75,76)89-34-16-31(58(19-34)40(68)10-7-13-82-52-43(55-28(3)64)49(74)46(71)37(22-61)87-52)25-84-91(77,78)88-33-15-30(23-79-4)57(18-33)39(67)9-6-12-81-51-42(54-27(2)63)48(73)45(70)36(21-60)86-51/h29-37,41-52,59-61,65,69-74H,5-25H2,1-4H3,(H,53,62)(H,54,63)(H,55,64)(H,75,76)(H,77,78)/t29-,30-,31-,32+,33+,34+,35?,36?,37?,41?,42?,43?,44-,45-,46-,47+,48+,49+,50+,51+,52+/m0/s1. The molecule has 6 saturated heterocycles. The van der Waals surface area contributed by atoms with Crippen LogP contribution in [0.25, 0.3) is 0 Å². The number of carbonyl (C=O) groups is 6. The topological polar surface area (TPSA) is 527 Å². The van der Waals surface area contributed by atoms with Gasteiger partial charge in [0.05, 0.1) is 95.9 Å². The van der Waals surface area contributed by atoms with Crippen LogP contribution in [0, 0.1) is 0 Å². The van der Waals surface area contributed by atoms with Crippen LogP contribution in [-0.2, 0) is 89.2 Å². The van der Waals surface area contributed by atoms with E-state index in [1.807, 2.05) is 0 Å². The Kier molecular flexibility index (Phi) is 29.7. The Labute approximate surface area is 523 Å². The molecule has 0 aromatic rings. The second-order valence-electron chi connectivity index (χ2n) is 23.1.